The second-order valence-electron chi connectivity index (χ2n) is 7.18. The Hall–Kier alpha value is -2.25. The molecule has 3 rings (SSSR count). The summed E-state index contributed by atoms with van der Waals surface area (Å²) in [4.78, 5) is 14.5. The summed E-state index contributed by atoms with van der Waals surface area (Å²) >= 11 is 5.91. The average molecular weight is 426 g/mol. The van der Waals surface area contributed by atoms with Crippen molar-refractivity contribution in [2.24, 2.45) is 0 Å². The predicted octanol–water partition coefficient (Wildman–Crippen LogP) is 4.55. The summed E-state index contributed by atoms with van der Waals surface area (Å²) < 4.78 is 38.2. The predicted molar refractivity (Wildman–Crippen MR) is 108 cm³/mol. The Labute approximate surface area is 173 Å². The highest BCUT2D eigenvalue weighted by molar-refractivity contribution is 6.30. The monoisotopic (exact) mass is 425 g/mol. The van der Waals surface area contributed by atoms with Crippen LogP contribution in [-0.2, 0) is 17.5 Å². The van der Waals surface area contributed by atoms with Gasteiger partial charge in [-0.3, -0.25) is 9.69 Å². The first-order chi connectivity index (χ1) is 13.8. The average Bonchev–Trinajstić information content (AvgIpc) is 2.69. The maximum atomic E-state index is 12.7. The maximum Gasteiger partial charge on any atom is 0.416 e. The van der Waals surface area contributed by atoms with Crippen molar-refractivity contribution in [3.8, 4) is 0 Å². The number of nitrogens with zero attached hydrogens (tertiary/aromatic N) is 1. The standard InChI is InChI=1S/C21H23ClF3N3O/c22-17-6-4-15(5-7-17)14-28-10-8-18(9-11-28)27-20(29)13-26-19-3-1-2-16(12-19)21(23,24)25/h1-7,12,18,26H,8-11,13-14H2,(H,27,29). The Morgan fingerprint density at radius 2 is 1.79 bits per heavy atom. The van der Waals surface area contributed by atoms with Crippen molar-refractivity contribution in [2.75, 3.05) is 25.0 Å². The van der Waals surface area contributed by atoms with E-state index < -0.39 is 11.7 Å². The number of likely N-dealkylation sites (tertiary alicyclic amines) is 1. The molecule has 2 aromatic carbocycles. The molecule has 1 saturated heterocycles. The number of nitrogens with one attached hydrogen (secondary N) is 2. The molecule has 1 fully saturated rings. The van der Waals surface area contributed by atoms with E-state index in [0.29, 0.717) is 5.02 Å². The topological polar surface area (TPSA) is 44.4 Å². The smallest absolute Gasteiger partial charge is 0.376 e. The molecule has 0 radical (unpaired) electrons. The summed E-state index contributed by atoms with van der Waals surface area (Å²) in [7, 11) is 0. The van der Waals surface area contributed by atoms with Crippen LogP contribution in [0.25, 0.3) is 0 Å². The number of amides is 1. The zero-order valence-electron chi connectivity index (χ0n) is 15.8. The van der Waals surface area contributed by atoms with Crippen LogP contribution >= 0.6 is 11.6 Å². The van der Waals surface area contributed by atoms with Crippen molar-refractivity contribution < 1.29 is 18.0 Å². The molecule has 0 unspecified atom stereocenters. The van der Waals surface area contributed by atoms with Gasteiger partial charge in [0.05, 0.1) is 12.1 Å². The van der Waals surface area contributed by atoms with Gasteiger partial charge in [-0.05, 0) is 48.7 Å². The quantitative estimate of drug-likeness (QED) is 0.713. The largest absolute Gasteiger partial charge is 0.416 e. The maximum absolute atomic E-state index is 12.7. The first-order valence-electron chi connectivity index (χ1n) is 9.47. The van der Waals surface area contributed by atoms with E-state index in [1.807, 2.05) is 24.3 Å². The lowest BCUT2D eigenvalue weighted by Crippen LogP contribution is -2.45. The van der Waals surface area contributed by atoms with Gasteiger partial charge in [-0.25, -0.2) is 0 Å². The number of hydrogen-bond donors (Lipinski definition) is 2. The van der Waals surface area contributed by atoms with Crippen molar-refractivity contribution in [1.29, 1.82) is 0 Å². The van der Waals surface area contributed by atoms with Gasteiger partial charge in [0.15, 0.2) is 0 Å². The van der Waals surface area contributed by atoms with Crippen molar-refractivity contribution in [1.82, 2.24) is 10.2 Å². The van der Waals surface area contributed by atoms with Crippen LogP contribution in [-0.4, -0.2) is 36.5 Å². The molecule has 0 saturated carbocycles. The third-order valence-electron chi connectivity index (χ3n) is 4.92. The van der Waals surface area contributed by atoms with Gasteiger partial charge in [0.2, 0.25) is 5.91 Å². The lowest BCUT2D eigenvalue weighted by atomic mass is 10.0. The van der Waals surface area contributed by atoms with Gasteiger partial charge in [0.1, 0.15) is 0 Å². The lowest BCUT2D eigenvalue weighted by molar-refractivity contribution is -0.137. The molecule has 1 amide bonds. The molecule has 0 atom stereocenters. The fourth-order valence-corrected chi connectivity index (χ4v) is 3.48. The molecule has 2 aromatic rings. The van der Waals surface area contributed by atoms with E-state index in [9.17, 15) is 18.0 Å². The molecule has 8 heteroatoms. The summed E-state index contributed by atoms with van der Waals surface area (Å²) in [6, 6.07) is 12.7. The van der Waals surface area contributed by atoms with E-state index >= 15 is 0 Å². The van der Waals surface area contributed by atoms with Crippen molar-refractivity contribution in [2.45, 2.75) is 31.6 Å². The number of alkyl halides is 3. The molecule has 0 aromatic heterocycles. The zero-order chi connectivity index (χ0) is 20.9. The minimum atomic E-state index is -4.40. The van der Waals surface area contributed by atoms with E-state index in [4.69, 9.17) is 11.6 Å². The van der Waals surface area contributed by atoms with Gasteiger partial charge in [0, 0.05) is 36.4 Å². The summed E-state index contributed by atoms with van der Waals surface area (Å²) in [6.07, 6.45) is -2.73. The van der Waals surface area contributed by atoms with Crippen molar-refractivity contribution in [3.63, 3.8) is 0 Å². The van der Waals surface area contributed by atoms with Crippen molar-refractivity contribution in [3.05, 3.63) is 64.7 Å². The number of halogens is 4. The van der Waals surface area contributed by atoms with Crippen LogP contribution in [0.4, 0.5) is 18.9 Å². The molecule has 4 nitrogen and oxygen atoms in total. The highest BCUT2D eigenvalue weighted by Gasteiger charge is 2.30. The molecular formula is C21H23ClF3N3O. The zero-order valence-corrected chi connectivity index (χ0v) is 16.6. The first kappa shape index (κ1) is 21.5. The number of carbonyl (C=O) groups excluding carboxylic acids is 1. The Bertz CT molecular complexity index is 819. The van der Waals surface area contributed by atoms with Crippen LogP contribution in [0.5, 0.6) is 0 Å². The minimum Gasteiger partial charge on any atom is -0.376 e. The van der Waals surface area contributed by atoms with E-state index in [-0.39, 0.29) is 24.2 Å². The summed E-state index contributed by atoms with van der Waals surface area (Å²) in [5.74, 6) is -0.224. The summed E-state index contributed by atoms with van der Waals surface area (Å²) in [6.45, 7) is 2.52. The number of piperidine rings is 1. The van der Waals surface area contributed by atoms with E-state index in [0.717, 1.165) is 44.6 Å². The molecule has 1 aliphatic rings. The van der Waals surface area contributed by atoms with Gasteiger partial charge >= 0.3 is 6.18 Å². The van der Waals surface area contributed by atoms with Crippen molar-refractivity contribution >= 4 is 23.2 Å². The Morgan fingerprint density at radius 3 is 2.45 bits per heavy atom. The Kier molecular flexibility index (Phi) is 7.03. The second-order valence-corrected chi connectivity index (χ2v) is 7.61. The Morgan fingerprint density at radius 1 is 1.10 bits per heavy atom. The fourth-order valence-electron chi connectivity index (χ4n) is 3.35. The molecule has 29 heavy (non-hydrogen) atoms. The number of benzene rings is 2. The molecule has 156 valence electrons. The van der Waals surface area contributed by atoms with Gasteiger partial charge in [-0.2, -0.15) is 13.2 Å². The van der Waals surface area contributed by atoms with Gasteiger partial charge in [0.25, 0.3) is 0 Å². The van der Waals surface area contributed by atoms with E-state index in [1.165, 1.54) is 17.7 Å². The minimum absolute atomic E-state index is 0.0632. The van der Waals surface area contributed by atoms with Crippen LogP contribution in [0.1, 0.15) is 24.0 Å². The number of hydrogen-bond acceptors (Lipinski definition) is 3. The highest BCUT2D eigenvalue weighted by Crippen LogP contribution is 2.30. The van der Waals surface area contributed by atoms with Crippen LogP contribution in [0.2, 0.25) is 5.02 Å². The van der Waals surface area contributed by atoms with Gasteiger partial charge in [-0.15, -0.1) is 0 Å². The third kappa shape index (κ3) is 6.65. The first-order valence-corrected chi connectivity index (χ1v) is 9.85. The number of carbonyl (C=O) groups is 1. The molecule has 2 N–H and O–H groups in total. The van der Waals surface area contributed by atoms with Crippen LogP contribution < -0.4 is 10.6 Å². The summed E-state index contributed by atoms with van der Waals surface area (Å²) in [5, 5.41) is 6.43. The SMILES string of the molecule is O=C(CNc1cccc(C(F)(F)F)c1)NC1CCN(Cc2ccc(Cl)cc2)CC1. The van der Waals surface area contributed by atoms with E-state index in [1.54, 1.807) is 0 Å². The Balaban J connectivity index is 1.40. The number of rotatable bonds is 6. The van der Waals surface area contributed by atoms with Crippen LogP contribution in [0, 0.1) is 0 Å². The fraction of sp³-hybridized carbons (Fsp3) is 0.381. The lowest BCUT2D eigenvalue weighted by Gasteiger charge is -2.32. The third-order valence-corrected chi connectivity index (χ3v) is 5.17. The van der Waals surface area contributed by atoms with Gasteiger partial charge < -0.3 is 10.6 Å². The molecule has 1 heterocycles. The molecule has 1 aliphatic heterocycles. The number of anilines is 1. The van der Waals surface area contributed by atoms with Crippen LogP contribution in [0.3, 0.4) is 0 Å². The van der Waals surface area contributed by atoms with Crippen LogP contribution in [0.15, 0.2) is 48.5 Å². The second kappa shape index (κ2) is 9.50. The molecule has 0 bridgehead atoms. The molecule has 0 spiro atoms. The normalized spacial score (nSPS) is 15.9. The van der Waals surface area contributed by atoms with Gasteiger partial charge in [-0.1, -0.05) is 29.8 Å². The molecular weight excluding hydrogens is 403 g/mol. The van der Waals surface area contributed by atoms with E-state index in [2.05, 4.69) is 15.5 Å². The molecule has 0 aliphatic carbocycles. The summed E-state index contributed by atoms with van der Waals surface area (Å²) in [5.41, 5.74) is 0.728. The highest BCUT2D eigenvalue weighted by atomic mass is 35.5.